The highest BCUT2D eigenvalue weighted by Gasteiger charge is 2.65. The Hall–Kier alpha value is 1.13. The van der Waals surface area contributed by atoms with Gasteiger partial charge in [0.15, 0.2) is 0 Å². The molecule has 2 aliphatic carbocycles. The quantitative estimate of drug-likeness (QED) is 0.511. The maximum atomic E-state index is 12.0. The molecule has 0 saturated heterocycles. The van der Waals surface area contributed by atoms with Crippen molar-refractivity contribution in [2.24, 2.45) is 16.7 Å². The number of alkyl halides is 2. The molecule has 2 aliphatic rings. The van der Waals surface area contributed by atoms with E-state index >= 15 is 0 Å². The number of ketones is 1. The van der Waals surface area contributed by atoms with Crippen LogP contribution in [0, 0.1) is 16.7 Å². The largest absolute Gasteiger partial charge is 0.299 e. The fourth-order valence-electron chi connectivity index (χ4n) is 3.15. The Labute approximate surface area is 107 Å². The minimum absolute atomic E-state index is 0.0550. The minimum Gasteiger partial charge on any atom is -0.299 e. The predicted molar refractivity (Wildman–Crippen MR) is 70.7 cm³/mol. The average Bonchev–Trinajstić information content (AvgIpc) is 2.53. The van der Waals surface area contributed by atoms with Gasteiger partial charge in [0.1, 0.15) is 5.78 Å². The zero-order valence-corrected chi connectivity index (χ0v) is 12.1. The summed E-state index contributed by atoms with van der Waals surface area (Å²) in [7, 11) is 0. The van der Waals surface area contributed by atoms with E-state index in [2.05, 4.69) is 52.1 Å². The molecular formula is C10H14I2O. The van der Waals surface area contributed by atoms with Crippen LogP contribution >= 0.6 is 45.2 Å². The third-order valence-electron chi connectivity index (χ3n) is 4.39. The van der Waals surface area contributed by atoms with Gasteiger partial charge in [-0.1, -0.05) is 52.1 Å². The van der Waals surface area contributed by atoms with Crippen molar-refractivity contribution in [1.29, 1.82) is 0 Å². The van der Waals surface area contributed by atoms with Crippen LogP contribution in [0.4, 0.5) is 0 Å². The first kappa shape index (κ1) is 10.6. The molecule has 0 amide bonds. The van der Waals surface area contributed by atoms with Crippen molar-refractivity contribution in [2.75, 3.05) is 8.86 Å². The zero-order chi connectivity index (χ0) is 9.69. The summed E-state index contributed by atoms with van der Waals surface area (Å²) in [5.74, 6) is 1.24. The van der Waals surface area contributed by atoms with Gasteiger partial charge in [-0.15, -0.1) is 0 Å². The fraction of sp³-hybridized carbons (Fsp3) is 0.900. The van der Waals surface area contributed by atoms with E-state index in [0.29, 0.717) is 17.1 Å². The van der Waals surface area contributed by atoms with Crippen LogP contribution in [0.2, 0.25) is 0 Å². The van der Waals surface area contributed by atoms with Crippen LogP contribution < -0.4 is 0 Å². The van der Waals surface area contributed by atoms with Crippen LogP contribution in [0.1, 0.15) is 26.2 Å². The van der Waals surface area contributed by atoms with Gasteiger partial charge in [-0.05, 0) is 24.2 Å². The smallest absolute Gasteiger partial charge is 0.140 e. The van der Waals surface area contributed by atoms with E-state index < -0.39 is 0 Å². The first-order chi connectivity index (χ1) is 6.10. The number of hydrogen-bond acceptors (Lipinski definition) is 1. The number of halogens is 2. The lowest BCUT2D eigenvalue weighted by atomic mass is 9.70. The van der Waals surface area contributed by atoms with E-state index in [0.717, 1.165) is 21.7 Å². The van der Waals surface area contributed by atoms with E-state index in [1.807, 2.05) is 0 Å². The molecule has 3 atom stereocenters. The Bertz CT molecular complexity index is 253. The molecule has 0 aliphatic heterocycles. The summed E-state index contributed by atoms with van der Waals surface area (Å²) in [6.07, 6.45) is 3.30. The minimum atomic E-state index is 0.0550. The summed E-state index contributed by atoms with van der Waals surface area (Å²) in [6.45, 7) is 2.33. The highest BCUT2D eigenvalue weighted by Crippen LogP contribution is 2.65. The second-order valence-electron chi connectivity index (χ2n) is 4.63. The summed E-state index contributed by atoms with van der Waals surface area (Å²) >= 11 is 4.87. The van der Waals surface area contributed by atoms with Crippen molar-refractivity contribution in [2.45, 2.75) is 26.2 Å². The van der Waals surface area contributed by atoms with Gasteiger partial charge < -0.3 is 0 Å². The molecule has 13 heavy (non-hydrogen) atoms. The number of carbonyl (C=O) groups excluding carboxylic acids is 1. The molecule has 0 heterocycles. The summed E-state index contributed by atoms with van der Waals surface area (Å²) in [4.78, 5) is 12.0. The van der Waals surface area contributed by atoms with E-state index in [4.69, 9.17) is 0 Å². The lowest BCUT2D eigenvalue weighted by molar-refractivity contribution is -0.127. The van der Waals surface area contributed by atoms with Gasteiger partial charge in [-0.25, -0.2) is 0 Å². The number of hydrogen-bond donors (Lipinski definition) is 0. The van der Waals surface area contributed by atoms with Crippen LogP contribution in [0.25, 0.3) is 0 Å². The maximum absolute atomic E-state index is 12.0. The van der Waals surface area contributed by atoms with Crippen LogP contribution in [-0.2, 0) is 4.79 Å². The molecule has 2 saturated carbocycles. The molecule has 74 valence electrons. The molecule has 0 spiro atoms. The van der Waals surface area contributed by atoms with Gasteiger partial charge in [-0.3, -0.25) is 4.79 Å². The molecule has 1 nitrogen and oxygen atoms in total. The van der Waals surface area contributed by atoms with Gasteiger partial charge in [0.25, 0.3) is 0 Å². The van der Waals surface area contributed by atoms with Crippen molar-refractivity contribution < 1.29 is 4.79 Å². The zero-order valence-electron chi connectivity index (χ0n) is 7.78. The molecule has 3 heteroatoms. The maximum Gasteiger partial charge on any atom is 0.140 e. The van der Waals surface area contributed by atoms with Crippen molar-refractivity contribution >= 4 is 51.0 Å². The summed E-state index contributed by atoms with van der Waals surface area (Å²) in [5, 5.41) is 0. The predicted octanol–water partition coefficient (Wildman–Crippen LogP) is 3.23. The van der Waals surface area contributed by atoms with E-state index in [1.54, 1.807) is 0 Å². The Kier molecular flexibility index (Phi) is 2.72. The van der Waals surface area contributed by atoms with Gasteiger partial charge in [0, 0.05) is 20.7 Å². The number of Topliss-reactive ketones (excluding diaryl/α,β-unsaturated/α-hetero) is 1. The number of carbonyl (C=O) groups is 1. The van der Waals surface area contributed by atoms with Crippen molar-refractivity contribution in [3.8, 4) is 0 Å². The summed E-state index contributed by atoms with van der Waals surface area (Å²) < 4.78 is 2.17. The molecule has 0 aromatic heterocycles. The molecule has 0 unspecified atom stereocenters. The third kappa shape index (κ3) is 1.12. The molecular weight excluding hydrogens is 390 g/mol. The standard InChI is InChI=1S/C10H14I2O/c1-9(5-11)7-2-3-10(9,6-12)8(13)4-7/h7H,2-6H2,1H3/t7-,9-,10-/m1/s1. The second kappa shape index (κ2) is 3.32. The van der Waals surface area contributed by atoms with E-state index in [-0.39, 0.29) is 5.41 Å². The number of fused-ring (bicyclic) bond motifs is 2. The van der Waals surface area contributed by atoms with Crippen LogP contribution in [0.3, 0.4) is 0 Å². The van der Waals surface area contributed by atoms with Gasteiger partial charge in [-0.2, -0.15) is 0 Å². The Morgan fingerprint density at radius 2 is 2.15 bits per heavy atom. The van der Waals surface area contributed by atoms with Gasteiger partial charge in [0.2, 0.25) is 0 Å². The molecule has 0 N–H and O–H groups in total. The van der Waals surface area contributed by atoms with Crippen molar-refractivity contribution in [1.82, 2.24) is 0 Å². The first-order valence-electron chi connectivity index (χ1n) is 4.76. The first-order valence-corrected chi connectivity index (χ1v) is 7.81. The summed E-state index contributed by atoms with van der Waals surface area (Å²) in [5.41, 5.74) is 0.366. The highest BCUT2D eigenvalue weighted by molar-refractivity contribution is 14.1. The third-order valence-corrected chi connectivity index (χ3v) is 7.27. The molecule has 0 aromatic carbocycles. The second-order valence-corrected chi connectivity index (χ2v) is 6.16. The van der Waals surface area contributed by atoms with Crippen LogP contribution in [-0.4, -0.2) is 14.6 Å². The Morgan fingerprint density at radius 1 is 1.46 bits per heavy atom. The van der Waals surface area contributed by atoms with Crippen molar-refractivity contribution in [3.05, 3.63) is 0 Å². The molecule has 2 rings (SSSR count). The lowest BCUT2D eigenvalue weighted by Gasteiger charge is -2.36. The monoisotopic (exact) mass is 404 g/mol. The highest BCUT2D eigenvalue weighted by atomic mass is 127. The average molecular weight is 404 g/mol. The lowest BCUT2D eigenvalue weighted by Crippen LogP contribution is -2.40. The Morgan fingerprint density at radius 3 is 2.54 bits per heavy atom. The molecule has 2 bridgehead atoms. The SMILES string of the molecule is C[C@@]1(CI)[C@@H]2CC[C@@]1(CI)C(=O)C2. The number of rotatable bonds is 2. The molecule has 0 radical (unpaired) electrons. The normalized spacial score (nSPS) is 48.8. The van der Waals surface area contributed by atoms with Crippen LogP contribution in [0.5, 0.6) is 0 Å². The van der Waals surface area contributed by atoms with E-state index in [9.17, 15) is 4.79 Å². The molecule has 0 aromatic rings. The van der Waals surface area contributed by atoms with Crippen molar-refractivity contribution in [3.63, 3.8) is 0 Å². The van der Waals surface area contributed by atoms with Gasteiger partial charge in [0.05, 0.1) is 0 Å². The molecule has 2 fully saturated rings. The topological polar surface area (TPSA) is 17.1 Å². The van der Waals surface area contributed by atoms with Crippen LogP contribution in [0.15, 0.2) is 0 Å². The van der Waals surface area contributed by atoms with Gasteiger partial charge >= 0.3 is 0 Å². The summed E-state index contributed by atoms with van der Waals surface area (Å²) in [6, 6.07) is 0. The Balaban J connectivity index is 2.45. The fourth-order valence-corrected chi connectivity index (χ4v) is 6.18. The van der Waals surface area contributed by atoms with E-state index in [1.165, 1.54) is 6.42 Å².